The number of nitrogens with one attached hydrogen (secondary N) is 1. The fourth-order valence-electron chi connectivity index (χ4n) is 3.40. The highest BCUT2D eigenvalue weighted by Gasteiger charge is 2.32. The Kier molecular flexibility index (Phi) is 4.35. The molecule has 1 amide bonds. The Morgan fingerprint density at radius 1 is 1.57 bits per heavy atom. The van der Waals surface area contributed by atoms with E-state index in [-0.39, 0.29) is 17.9 Å². The molecule has 1 saturated heterocycles. The van der Waals surface area contributed by atoms with Gasteiger partial charge in [-0.25, -0.2) is 0 Å². The monoisotopic (exact) mass is 310 g/mol. The predicted molar refractivity (Wildman–Crippen MR) is 89.6 cm³/mol. The number of nitrogens with zero attached hydrogens (tertiary/aromatic N) is 2. The second-order valence-corrected chi connectivity index (χ2v) is 6.32. The minimum Gasteiger partial charge on any atom is -0.361 e. The van der Waals surface area contributed by atoms with Crippen molar-refractivity contribution in [2.45, 2.75) is 32.2 Å². The first-order chi connectivity index (χ1) is 11.1. The van der Waals surface area contributed by atoms with Crippen LogP contribution in [0.4, 0.5) is 0 Å². The van der Waals surface area contributed by atoms with E-state index in [1.165, 1.54) is 5.56 Å². The summed E-state index contributed by atoms with van der Waals surface area (Å²) in [4.78, 5) is 17.7. The van der Waals surface area contributed by atoms with Crippen molar-refractivity contribution >= 4 is 16.8 Å². The number of H-pyrrole nitrogens is 1. The fraction of sp³-hybridized carbons (Fsp3) is 0.444. The normalized spacial score (nSPS) is 19.0. The number of aryl methyl sites for hydroxylation is 1. The number of nitriles is 1. The Labute approximate surface area is 136 Å². The maximum atomic E-state index is 12.8. The molecule has 2 atom stereocenters. The van der Waals surface area contributed by atoms with Gasteiger partial charge in [0.25, 0.3) is 0 Å². The summed E-state index contributed by atoms with van der Waals surface area (Å²) < 4.78 is 0. The number of hydrogen-bond acceptors (Lipinski definition) is 3. The van der Waals surface area contributed by atoms with Crippen LogP contribution in [0.3, 0.4) is 0 Å². The Morgan fingerprint density at radius 2 is 2.39 bits per heavy atom. The molecule has 120 valence electrons. The largest absolute Gasteiger partial charge is 0.361 e. The van der Waals surface area contributed by atoms with Crippen LogP contribution in [0.2, 0.25) is 0 Å². The lowest BCUT2D eigenvalue weighted by Crippen LogP contribution is -2.42. The zero-order valence-electron chi connectivity index (χ0n) is 13.4. The number of hydrogen-bond donors (Lipinski definition) is 2. The molecular weight excluding hydrogens is 288 g/mol. The van der Waals surface area contributed by atoms with Gasteiger partial charge in [-0.2, -0.15) is 5.26 Å². The second-order valence-electron chi connectivity index (χ2n) is 6.32. The zero-order chi connectivity index (χ0) is 16.4. The van der Waals surface area contributed by atoms with Gasteiger partial charge in [-0.15, -0.1) is 0 Å². The van der Waals surface area contributed by atoms with E-state index >= 15 is 0 Å². The van der Waals surface area contributed by atoms with Crippen LogP contribution in [-0.2, 0) is 11.2 Å². The van der Waals surface area contributed by atoms with E-state index in [0.29, 0.717) is 19.5 Å². The van der Waals surface area contributed by atoms with Gasteiger partial charge in [0.15, 0.2) is 0 Å². The van der Waals surface area contributed by atoms with E-state index < -0.39 is 0 Å². The molecule has 2 unspecified atom stereocenters. The smallest absolute Gasteiger partial charge is 0.228 e. The molecule has 0 aliphatic carbocycles. The average Bonchev–Trinajstić information content (AvgIpc) is 3.18. The van der Waals surface area contributed by atoms with Crippen molar-refractivity contribution in [2.75, 3.05) is 13.1 Å². The molecule has 1 aliphatic heterocycles. The minimum absolute atomic E-state index is 0.0125. The van der Waals surface area contributed by atoms with Crippen molar-refractivity contribution in [3.63, 3.8) is 0 Å². The molecule has 3 N–H and O–H groups in total. The number of fused-ring (bicyclic) bond motifs is 1. The van der Waals surface area contributed by atoms with Crippen LogP contribution in [-0.4, -0.2) is 34.9 Å². The Bertz CT molecular complexity index is 758. The van der Waals surface area contributed by atoms with E-state index in [2.05, 4.69) is 36.2 Å². The van der Waals surface area contributed by atoms with Gasteiger partial charge in [0, 0.05) is 30.2 Å². The number of amides is 1. The highest BCUT2D eigenvalue weighted by atomic mass is 16.2. The van der Waals surface area contributed by atoms with E-state index in [4.69, 9.17) is 5.73 Å². The molecular formula is C18H22N4O. The lowest BCUT2D eigenvalue weighted by atomic mass is 9.96. The molecule has 0 spiro atoms. The van der Waals surface area contributed by atoms with Crippen LogP contribution in [0.15, 0.2) is 24.4 Å². The molecule has 0 saturated carbocycles. The third-order valence-electron chi connectivity index (χ3n) is 4.71. The van der Waals surface area contributed by atoms with Gasteiger partial charge in [0.05, 0.1) is 12.0 Å². The predicted octanol–water partition coefficient (Wildman–Crippen LogP) is 2.11. The van der Waals surface area contributed by atoms with Crippen LogP contribution in [0, 0.1) is 24.2 Å². The van der Waals surface area contributed by atoms with Gasteiger partial charge in [0.2, 0.25) is 5.91 Å². The Balaban J connectivity index is 1.82. The van der Waals surface area contributed by atoms with Crippen LogP contribution < -0.4 is 5.73 Å². The number of carbonyl (C=O) groups is 1. The molecule has 1 aromatic carbocycles. The molecule has 1 aliphatic rings. The first kappa shape index (κ1) is 15.6. The maximum Gasteiger partial charge on any atom is 0.228 e. The standard InChI is InChI=1S/C18H22N4O/c1-12-4-5-17-16(7-12)14(11-21-17)8-13(9-19)18(23)22-6-2-3-15(22)10-20/h4-5,7,11,13,15,21H,2-3,6,8-9,19H2,1H3. The van der Waals surface area contributed by atoms with Gasteiger partial charge < -0.3 is 15.6 Å². The van der Waals surface area contributed by atoms with E-state index in [1.807, 2.05) is 6.20 Å². The summed E-state index contributed by atoms with van der Waals surface area (Å²) in [7, 11) is 0. The fourth-order valence-corrected chi connectivity index (χ4v) is 3.40. The molecule has 0 bridgehead atoms. The molecule has 23 heavy (non-hydrogen) atoms. The van der Waals surface area contributed by atoms with Crippen LogP contribution in [0.25, 0.3) is 10.9 Å². The number of nitrogens with two attached hydrogens (primary N) is 1. The summed E-state index contributed by atoms with van der Waals surface area (Å²) in [5.41, 5.74) is 9.26. The first-order valence-electron chi connectivity index (χ1n) is 8.11. The lowest BCUT2D eigenvalue weighted by Gasteiger charge is -2.24. The minimum atomic E-state index is -0.290. The van der Waals surface area contributed by atoms with Crippen molar-refractivity contribution < 1.29 is 4.79 Å². The van der Waals surface area contributed by atoms with Crippen LogP contribution in [0.1, 0.15) is 24.0 Å². The summed E-state index contributed by atoms with van der Waals surface area (Å²) in [6.07, 6.45) is 4.23. The van der Waals surface area contributed by atoms with Crippen molar-refractivity contribution in [3.05, 3.63) is 35.5 Å². The second kappa shape index (κ2) is 6.43. The van der Waals surface area contributed by atoms with Crippen LogP contribution >= 0.6 is 0 Å². The lowest BCUT2D eigenvalue weighted by molar-refractivity contribution is -0.135. The molecule has 1 aromatic heterocycles. The van der Waals surface area contributed by atoms with Gasteiger partial charge in [-0.1, -0.05) is 11.6 Å². The summed E-state index contributed by atoms with van der Waals surface area (Å²) in [5.74, 6) is -0.262. The van der Waals surface area contributed by atoms with Crippen molar-refractivity contribution in [1.29, 1.82) is 5.26 Å². The Morgan fingerprint density at radius 3 is 3.13 bits per heavy atom. The molecule has 2 heterocycles. The number of aromatic amines is 1. The molecule has 1 fully saturated rings. The summed E-state index contributed by atoms with van der Waals surface area (Å²) in [5, 5.41) is 10.3. The quantitative estimate of drug-likeness (QED) is 0.907. The summed E-state index contributed by atoms with van der Waals surface area (Å²) in [6.45, 7) is 3.02. The van der Waals surface area contributed by atoms with Gasteiger partial charge in [-0.3, -0.25) is 4.79 Å². The maximum absolute atomic E-state index is 12.8. The molecule has 5 heteroatoms. The molecule has 0 radical (unpaired) electrons. The number of rotatable bonds is 4. The number of likely N-dealkylation sites (tertiary alicyclic amines) is 1. The number of aromatic nitrogens is 1. The number of benzene rings is 1. The highest BCUT2D eigenvalue weighted by Crippen LogP contribution is 2.25. The molecule has 5 nitrogen and oxygen atoms in total. The SMILES string of the molecule is Cc1ccc2[nH]cc(CC(CN)C(=O)N3CCCC3C#N)c2c1. The van der Waals surface area contributed by atoms with E-state index in [9.17, 15) is 10.1 Å². The Hall–Kier alpha value is -2.32. The van der Waals surface area contributed by atoms with Gasteiger partial charge in [-0.05, 0) is 43.9 Å². The number of carbonyl (C=O) groups excluding carboxylic acids is 1. The van der Waals surface area contributed by atoms with Crippen molar-refractivity contribution in [2.24, 2.45) is 11.7 Å². The topological polar surface area (TPSA) is 85.9 Å². The summed E-state index contributed by atoms with van der Waals surface area (Å²) in [6, 6.07) is 8.19. The van der Waals surface area contributed by atoms with Crippen LogP contribution in [0.5, 0.6) is 0 Å². The van der Waals surface area contributed by atoms with Gasteiger partial charge in [0.1, 0.15) is 6.04 Å². The average molecular weight is 310 g/mol. The summed E-state index contributed by atoms with van der Waals surface area (Å²) >= 11 is 0. The zero-order valence-corrected chi connectivity index (χ0v) is 13.4. The van der Waals surface area contributed by atoms with Gasteiger partial charge >= 0.3 is 0 Å². The highest BCUT2D eigenvalue weighted by molar-refractivity contribution is 5.85. The molecule has 3 rings (SSSR count). The van der Waals surface area contributed by atoms with Crippen molar-refractivity contribution in [1.82, 2.24) is 9.88 Å². The third kappa shape index (κ3) is 2.95. The third-order valence-corrected chi connectivity index (χ3v) is 4.71. The van der Waals surface area contributed by atoms with Crippen molar-refractivity contribution in [3.8, 4) is 6.07 Å². The molecule has 2 aromatic rings. The van der Waals surface area contributed by atoms with E-state index in [0.717, 1.165) is 29.3 Å². The van der Waals surface area contributed by atoms with E-state index in [1.54, 1.807) is 4.90 Å². The first-order valence-corrected chi connectivity index (χ1v) is 8.11.